The summed E-state index contributed by atoms with van der Waals surface area (Å²) in [5.41, 5.74) is 0. The van der Waals surface area contributed by atoms with Crippen LogP contribution in [0.15, 0.2) is 0 Å². The van der Waals surface area contributed by atoms with E-state index < -0.39 is 0 Å². The van der Waals surface area contributed by atoms with Gasteiger partial charge >= 0.3 is 0 Å². The lowest BCUT2D eigenvalue weighted by molar-refractivity contribution is -0.110. The predicted molar refractivity (Wildman–Crippen MR) is 83.8 cm³/mol. The highest BCUT2D eigenvalue weighted by Gasteiger charge is 1.79. The topological polar surface area (TPSA) is 68.3 Å². The van der Waals surface area contributed by atoms with Crippen LogP contribution >= 0.6 is 0 Å². The van der Waals surface area contributed by atoms with E-state index in [9.17, 15) is 19.2 Å². The second-order valence-corrected chi connectivity index (χ2v) is 4.22. The highest BCUT2D eigenvalue weighted by molar-refractivity contribution is 5.51. The maximum absolute atomic E-state index is 9.56. The van der Waals surface area contributed by atoms with Gasteiger partial charge in [0.1, 0.15) is 25.1 Å². The second-order valence-electron chi connectivity index (χ2n) is 4.22. The highest BCUT2D eigenvalue weighted by Crippen LogP contribution is 1.87. The number of carbonyl (C=O) groups is 4. The van der Waals surface area contributed by atoms with Crippen molar-refractivity contribution in [2.45, 2.75) is 73.1 Å². The van der Waals surface area contributed by atoms with E-state index in [0.717, 1.165) is 50.8 Å². The summed E-state index contributed by atoms with van der Waals surface area (Å²) < 4.78 is 0. The molecule has 0 amide bonds. The first-order valence-electron chi connectivity index (χ1n) is 7.28. The predicted octanol–water partition coefficient (Wildman–Crippen LogP) is 3.80. The van der Waals surface area contributed by atoms with Crippen molar-refractivity contribution in [1.29, 1.82) is 0 Å². The van der Waals surface area contributed by atoms with Gasteiger partial charge < -0.3 is 19.2 Å². The first-order chi connectivity index (χ1) is 9.51. The summed E-state index contributed by atoms with van der Waals surface area (Å²) in [5, 5.41) is 0. The van der Waals surface area contributed by atoms with Crippen LogP contribution in [0.2, 0.25) is 0 Å². The molecule has 0 N–H and O–H groups in total. The maximum Gasteiger partial charge on any atom is 0.122 e. The Balaban J connectivity index is -0.0000000862. The molecule has 0 heterocycles. The standard InChI is InChI=1S/C5H10O.2C4H8O.C3H6O/c1-2-3-4-5-6;1-4(2)3-5;1-2-3-4-5;1-2-3-4/h5H,2-4H2,1H3;3-4H,1-2H3;4H,2-3H2,1H3;3H,2H2,1H3. The van der Waals surface area contributed by atoms with E-state index in [2.05, 4.69) is 6.92 Å². The number of aldehydes is 4. The van der Waals surface area contributed by atoms with E-state index in [4.69, 9.17) is 0 Å². The fourth-order valence-electron chi connectivity index (χ4n) is 0.405. The molecule has 0 bridgehead atoms. The van der Waals surface area contributed by atoms with Crippen LogP contribution < -0.4 is 0 Å². The van der Waals surface area contributed by atoms with Gasteiger partial charge in [-0.3, -0.25) is 0 Å². The summed E-state index contributed by atoms with van der Waals surface area (Å²) in [6.45, 7) is 9.57. The average Bonchev–Trinajstić information content (AvgIpc) is 2.47. The second kappa shape index (κ2) is 36.1. The van der Waals surface area contributed by atoms with Crippen molar-refractivity contribution in [3.8, 4) is 0 Å². The molecule has 4 nitrogen and oxygen atoms in total. The van der Waals surface area contributed by atoms with Crippen LogP contribution in [0.3, 0.4) is 0 Å². The minimum atomic E-state index is 0.204. The number of hydrogen-bond donors (Lipinski definition) is 0. The van der Waals surface area contributed by atoms with Crippen LogP contribution in [-0.4, -0.2) is 25.1 Å². The largest absolute Gasteiger partial charge is 0.303 e. The molecule has 0 rings (SSSR count). The molecule has 0 saturated carbocycles. The van der Waals surface area contributed by atoms with Crippen molar-refractivity contribution in [3.63, 3.8) is 0 Å². The fraction of sp³-hybridized carbons (Fsp3) is 0.750. The molecule has 0 saturated heterocycles. The van der Waals surface area contributed by atoms with E-state index in [-0.39, 0.29) is 5.92 Å². The molecular formula is C16H32O4. The van der Waals surface area contributed by atoms with Gasteiger partial charge in [-0.05, 0) is 12.8 Å². The molecule has 0 atom stereocenters. The Hall–Kier alpha value is -1.32. The minimum Gasteiger partial charge on any atom is -0.303 e. The van der Waals surface area contributed by atoms with Gasteiger partial charge in [-0.2, -0.15) is 0 Å². The van der Waals surface area contributed by atoms with Gasteiger partial charge in [0.15, 0.2) is 0 Å². The Morgan fingerprint density at radius 2 is 1.15 bits per heavy atom. The molecule has 0 aliphatic carbocycles. The summed E-state index contributed by atoms with van der Waals surface area (Å²) >= 11 is 0. The van der Waals surface area contributed by atoms with Gasteiger partial charge in [-0.25, -0.2) is 0 Å². The third-order valence-corrected chi connectivity index (χ3v) is 1.52. The minimum absolute atomic E-state index is 0.204. The molecule has 0 aromatic heterocycles. The van der Waals surface area contributed by atoms with Crippen molar-refractivity contribution in [2.75, 3.05) is 0 Å². The van der Waals surface area contributed by atoms with E-state index in [1.165, 1.54) is 0 Å². The summed E-state index contributed by atoms with van der Waals surface area (Å²) in [7, 11) is 0. The van der Waals surface area contributed by atoms with Gasteiger partial charge in [0.25, 0.3) is 0 Å². The lowest BCUT2D eigenvalue weighted by Crippen LogP contribution is -1.82. The van der Waals surface area contributed by atoms with Crippen LogP contribution in [-0.2, 0) is 19.2 Å². The smallest absolute Gasteiger partial charge is 0.122 e. The molecule has 4 heteroatoms. The molecule has 20 heavy (non-hydrogen) atoms. The van der Waals surface area contributed by atoms with Crippen LogP contribution in [0.5, 0.6) is 0 Å². The Morgan fingerprint density at radius 3 is 1.20 bits per heavy atom. The highest BCUT2D eigenvalue weighted by atomic mass is 16.1. The van der Waals surface area contributed by atoms with E-state index >= 15 is 0 Å². The van der Waals surface area contributed by atoms with E-state index in [0.29, 0.717) is 12.8 Å². The maximum atomic E-state index is 9.56. The number of rotatable bonds is 7. The van der Waals surface area contributed by atoms with Crippen molar-refractivity contribution in [1.82, 2.24) is 0 Å². The summed E-state index contributed by atoms with van der Waals surface area (Å²) in [5.74, 6) is 0.204. The van der Waals surface area contributed by atoms with Gasteiger partial charge in [0.2, 0.25) is 0 Å². The van der Waals surface area contributed by atoms with Gasteiger partial charge in [0.05, 0.1) is 0 Å². The molecule has 0 aliphatic rings. The summed E-state index contributed by atoms with van der Waals surface area (Å²) in [6.07, 6.45) is 8.91. The molecule has 0 radical (unpaired) electrons. The number of hydrogen-bond acceptors (Lipinski definition) is 4. The van der Waals surface area contributed by atoms with E-state index in [1.807, 2.05) is 27.7 Å². The third-order valence-electron chi connectivity index (χ3n) is 1.52. The molecule has 0 aromatic carbocycles. The van der Waals surface area contributed by atoms with Crippen LogP contribution in [0.4, 0.5) is 0 Å². The van der Waals surface area contributed by atoms with Gasteiger partial charge in [-0.15, -0.1) is 0 Å². The summed E-state index contributed by atoms with van der Waals surface area (Å²) in [4.78, 5) is 37.6. The SMILES string of the molecule is CC(C)C=O.CCC=O.CCCC=O.CCCCC=O. The van der Waals surface area contributed by atoms with Crippen LogP contribution in [0, 0.1) is 5.92 Å². The van der Waals surface area contributed by atoms with E-state index in [1.54, 1.807) is 0 Å². The summed E-state index contributed by atoms with van der Waals surface area (Å²) in [6, 6.07) is 0. The first kappa shape index (κ1) is 27.1. The third kappa shape index (κ3) is 91.9. The van der Waals surface area contributed by atoms with Crippen molar-refractivity contribution < 1.29 is 19.2 Å². The van der Waals surface area contributed by atoms with Gasteiger partial charge in [0, 0.05) is 25.2 Å². The molecule has 0 unspecified atom stereocenters. The number of carbonyl (C=O) groups excluding carboxylic acids is 4. The normalized spacial score (nSPS) is 7.70. The Kier molecular flexibility index (Phi) is 48.8. The van der Waals surface area contributed by atoms with Crippen molar-refractivity contribution in [2.24, 2.45) is 5.92 Å². The molecule has 120 valence electrons. The average molecular weight is 288 g/mol. The Labute approximate surface area is 124 Å². The quantitative estimate of drug-likeness (QED) is 0.528. The monoisotopic (exact) mass is 288 g/mol. The lowest BCUT2D eigenvalue weighted by atomic mass is 10.3. The lowest BCUT2D eigenvalue weighted by Gasteiger charge is -1.79. The van der Waals surface area contributed by atoms with Crippen molar-refractivity contribution >= 4 is 25.1 Å². The zero-order valence-corrected chi connectivity index (χ0v) is 13.8. The zero-order valence-electron chi connectivity index (χ0n) is 13.8. The first-order valence-corrected chi connectivity index (χ1v) is 7.28. The molecule has 0 aliphatic heterocycles. The van der Waals surface area contributed by atoms with Crippen LogP contribution in [0.1, 0.15) is 73.1 Å². The Morgan fingerprint density at radius 1 is 0.750 bits per heavy atom. The number of unbranched alkanes of at least 4 members (excludes halogenated alkanes) is 3. The molecular weight excluding hydrogens is 256 g/mol. The van der Waals surface area contributed by atoms with Crippen molar-refractivity contribution in [3.05, 3.63) is 0 Å². The van der Waals surface area contributed by atoms with Crippen LogP contribution in [0.25, 0.3) is 0 Å². The zero-order chi connectivity index (χ0) is 16.6. The molecule has 0 fully saturated rings. The van der Waals surface area contributed by atoms with Gasteiger partial charge in [-0.1, -0.05) is 41.0 Å². The fourth-order valence-corrected chi connectivity index (χ4v) is 0.405. The Bertz CT molecular complexity index is 189. The molecule has 0 aromatic rings. The molecule has 0 spiro atoms.